The molecule has 2 aliphatic rings. The average Bonchev–Trinajstić information content (AvgIpc) is 3.19. The lowest BCUT2D eigenvalue weighted by Crippen LogP contribution is -2.41. The first kappa shape index (κ1) is 16.9. The highest BCUT2D eigenvalue weighted by Crippen LogP contribution is 2.37. The molecule has 7 nitrogen and oxygen atoms in total. The molecule has 0 radical (unpaired) electrons. The van der Waals surface area contributed by atoms with Crippen molar-refractivity contribution < 1.29 is 14.3 Å². The van der Waals surface area contributed by atoms with E-state index in [9.17, 15) is 4.79 Å². The van der Waals surface area contributed by atoms with E-state index in [1.807, 2.05) is 59.9 Å². The zero-order valence-electron chi connectivity index (χ0n) is 15.4. The number of likely N-dealkylation sites (N-methyl/N-ethyl adjacent to an activating group) is 1. The van der Waals surface area contributed by atoms with E-state index in [4.69, 9.17) is 9.47 Å². The van der Waals surface area contributed by atoms with Crippen LogP contribution in [0.5, 0.6) is 11.5 Å². The molecule has 0 N–H and O–H groups in total. The first-order valence-electron chi connectivity index (χ1n) is 8.87. The molecule has 1 amide bonds. The lowest BCUT2D eigenvalue weighted by atomic mass is 10.0. The summed E-state index contributed by atoms with van der Waals surface area (Å²) < 4.78 is 12.8. The number of hydrogen-bond donors (Lipinski definition) is 0. The topological polar surface area (TPSA) is 59.8 Å². The van der Waals surface area contributed by atoms with Gasteiger partial charge in [0.1, 0.15) is 11.9 Å². The summed E-state index contributed by atoms with van der Waals surface area (Å²) in [5, 5.41) is 0. The summed E-state index contributed by atoms with van der Waals surface area (Å²) in [4.78, 5) is 21.8. The maximum atomic E-state index is 13.5. The molecule has 1 unspecified atom stereocenters. The number of imidazole rings is 1. The van der Waals surface area contributed by atoms with Crippen LogP contribution in [0.1, 0.15) is 30.3 Å². The lowest BCUT2D eigenvalue weighted by Gasteiger charge is -2.31. The first-order chi connectivity index (χ1) is 12.5. The number of benzene rings is 1. The van der Waals surface area contributed by atoms with Crippen LogP contribution in [-0.2, 0) is 18.4 Å². The van der Waals surface area contributed by atoms with Gasteiger partial charge in [-0.1, -0.05) is 6.07 Å². The Hall–Kier alpha value is -2.54. The fraction of sp³-hybridized carbons (Fsp3) is 0.474. The van der Waals surface area contributed by atoms with Gasteiger partial charge in [0.25, 0.3) is 0 Å². The molecule has 2 heterocycles. The van der Waals surface area contributed by atoms with E-state index < -0.39 is 0 Å². The fourth-order valence-corrected chi connectivity index (χ4v) is 3.38. The van der Waals surface area contributed by atoms with Crippen molar-refractivity contribution in [1.82, 2.24) is 19.4 Å². The number of nitrogens with zero attached hydrogens (tertiary/aromatic N) is 4. The SMILES string of the molecule is CN(C)C(C(=O)N(Cc1nccn1C)C1CC1)c1ccc2c(c1)OCO2. The minimum Gasteiger partial charge on any atom is -0.454 e. The number of hydrogen-bond acceptors (Lipinski definition) is 5. The number of fused-ring (bicyclic) bond motifs is 1. The van der Waals surface area contributed by atoms with Crippen molar-refractivity contribution >= 4 is 5.91 Å². The third kappa shape index (κ3) is 3.14. The molecule has 1 aromatic heterocycles. The molecule has 0 bridgehead atoms. The van der Waals surface area contributed by atoms with Crippen molar-refractivity contribution in [2.75, 3.05) is 20.9 Å². The summed E-state index contributed by atoms with van der Waals surface area (Å²) in [5.74, 6) is 2.42. The second kappa shape index (κ2) is 6.64. The molecule has 1 atom stereocenters. The molecule has 1 aliphatic heterocycles. The van der Waals surface area contributed by atoms with Crippen molar-refractivity contribution in [1.29, 1.82) is 0 Å². The van der Waals surface area contributed by atoms with E-state index >= 15 is 0 Å². The molecule has 7 heteroatoms. The Morgan fingerprint density at radius 1 is 1.31 bits per heavy atom. The highest BCUT2D eigenvalue weighted by atomic mass is 16.7. The molecule has 1 aliphatic carbocycles. The highest BCUT2D eigenvalue weighted by Gasteiger charge is 2.38. The van der Waals surface area contributed by atoms with Crippen LogP contribution in [0.2, 0.25) is 0 Å². The zero-order chi connectivity index (χ0) is 18.3. The molecule has 0 saturated heterocycles. The number of amides is 1. The van der Waals surface area contributed by atoms with Crippen molar-refractivity contribution in [3.05, 3.63) is 42.0 Å². The normalized spacial score (nSPS) is 16.8. The molecular weight excluding hydrogens is 332 g/mol. The van der Waals surface area contributed by atoms with Crippen molar-refractivity contribution in [3.63, 3.8) is 0 Å². The summed E-state index contributed by atoms with van der Waals surface area (Å²) in [6.07, 6.45) is 5.78. The predicted molar refractivity (Wildman–Crippen MR) is 95.8 cm³/mol. The molecule has 1 saturated carbocycles. The minimum absolute atomic E-state index is 0.0966. The van der Waals surface area contributed by atoms with Gasteiger partial charge in [-0.2, -0.15) is 0 Å². The summed E-state index contributed by atoms with van der Waals surface area (Å²) in [7, 11) is 5.82. The van der Waals surface area contributed by atoms with Gasteiger partial charge < -0.3 is 18.9 Å². The summed E-state index contributed by atoms with van der Waals surface area (Å²) in [5.41, 5.74) is 0.912. The van der Waals surface area contributed by atoms with Crippen LogP contribution < -0.4 is 9.47 Å². The van der Waals surface area contributed by atoms with Gasteiger partial charge in [0.2, 0.25) is 12.7 Å². The van der Waals surface area contributed by atoms with Crippen LogP contribution in [0.3, 0.4) is 0 Å². The third-order valence-electron chi connectivity index (χ3n) is 4.97. The van der Waals surface area contributed by atoms with Crippen molar-refractivity contribution in [2.45, 2.75) is 31.5 Å². The molecule has 138 valence electrons. The van der Waals surface area contributed by atoms with Gasteiger partial charge in [0.15, 0.2) is 11.5 Å². The van der Waals surface area contributed by atoms with Gasteiger partial charge >= 0.3 is 0 Å². The molecule has 26 heavy (non-hydrogen) atoms. The Morgan fingerprint density at radius 3 is 2.73 bits per heavy atom. The van der Waals surface area contributed by atoms with E-state index in [-0.39, 0.29) is 18.7 Å². The van der Waals surface area contributed by atoms with Crippen LogP contribution in [0.15, 0.2) is 30.6 Å². The average molecular weight is 356 g/mol. The van der Waals surface area contributed by atoms with Gasteiger partial charge in [-0.3, -0.25) is 9.69 Å². The molecule has 2 aromatic rings. The molecule has 0 spiro atoms. The quantitative estimate of drug-likeness (QED) is 0.792. The van der Waals surface area contributed by atoms with Crippen LogP contribution in [0, 0.1) is 0 Å². The molecular formula is C19H24N4O3. The first-order valence-corrected chi connectivity index (χ1v) is 8.87. The highest BCUT2D eigenvalue weighted by molar-refractivity contribution is 5.84. The van der Waals surface area contributed by atoms with E-state index in [0.29, 0.717) is 18.3 Å². The Labute approximate surface area is 153 Å². The Kier molecular flexibility index (Phi) is 4.32. The Balaban J connectivity index is 1.62. The maximum absolute atomic E-state index is 13.5. The number of rotatable bonds is 6. The summed E-state index contributed by atoms with van der Waals surface area (Å²) in [6.45, 7) is 0.759. The predicted octanol–water partition coefficient (Wildman–Crippen LogP) is 1.94. The minimum atomic E-state index is -0.370. The van der Waals surface area contributed by atoms with E-state index in [1.165, 1.54) is 0 Å². The van der Waals surface area contributed by atoms with Gasteiger partial charge in [0.05, 0.1) is 6.54 Å². The van der Waals surface area contributed by atoms with Crippen LogP contribution in [0.4, 0.5) is 0 Å². The number of carbonyl (C=O) groups excluding carboxylic acids is 1. The summed E-state index contributed by atoms with van der Waals surface area (Å²) >= 11 is 0. The smallest absolute Gasteiger partial charge is 0.245 e. The van der Waals surface area contributed by atoms with E-state index in [2.05, 4.69) is 4.98 Å². The number of aryl methyl sites for hydroxylation is 1. The maximum Gasteiger partial charge on any atom is 0.245 e. The van der Waals surface area contributed by atoms with Crippen molar-refractivity contribution in [3.8, 4) is 11.5 Å². The summed E-state index contributed by atoms with van der Waals surface area (Å²) in [6, 6.07) is 5.67. The Bertz CT molecular complexity index is 813. The van der Waals surface area contributed by atoms with E-state index in [1.54, 1.807) is 6.20 Å². The zero-order valence-corrected chi connectivity index (χ0v) is 15.4. The molecule has 1 aromatic carbocycles. The number of aromatic nitrogens is 2. The van der Waals surface area contributed by atoms with Crippen molar-refractivity contribution in [2.24, 2.45) is 7.05 Å². The lowest BCUT2D eigenvalue weighted by molar-refractivity contribution is -0.137. The number of ether oxygens (including phenoxy) is 2. The van der Waals surface area contributed by atoms with Gasteiger partial charge in [-0.05, 0) is 44.6 Å². The van der Waals surface area contributed by atoms with Crippen LogP contribution in [0.25, 0.3) is 0 Å². The number of carbonyl (C=O) groups is 1. The molecule has 4 rings (SSSR count). The van der Waals surface area contributed by atoms with Gasteiger partial charge in [-0.25, -0.2) is 4.98 Å². The third-order valence-corrected chi connectivity index (χ3v) is 4.97. The largest absolute Gasteiger partial charge is 0.454 e. The standard InChI is InChI=1S/C19H24N4O3/c1-21(2)18(13-4-7-15-16(10-13)26-12-25-15)19(24)23(14-5-6-14)11-17-20-8-9-22(17)3/h4,7-10,14,18H,5-6,11-12H2,1-3H3. The fourth-order valence-electron chi connectivity index (χ4n) is 3.38. The van der Waals surface area contributed by atoms with Gasteiger partial charge in [0, 0.05) is 25.5 Å². The molecule has 1 fully saturated rings. The van der Waals surface area contributed by atoms with Gasteiger partial charge in [-0.15, -0.1) is 0 Å². The van der Waals surface area contributed by atoms with Crippen LogP contribution in [-0.4, -0.2) is 52.2 Å². The van der Waals surface area contributed by atoms with E-state index in [0.717, 1.165) is 30.0 Å². The Morgan fingerprint density at radius 2 is 2.08 bits per heavy atom. The second-order valence-electron chi connectivity index (χ2n) is 7.13. The van der Waals surface area contributed by atoms with Crippen LogP contribution >= 0.6 is 0 Å². The monoisotopic (exact) mass is 356 g/mol. The second-order valence-corrected chi connectivity index (χ2v) is 7.13.